The van der Waals surface area contributed by atoms with E-state index in [1.807, 2.05) is 0 Å². The van der Waals surface area contributed by atoms with Crippen molar-refractivity contribution in [3.8, 4) is 0 Å². The summed E-state index contributed by atoms with van der Waals surface area (Å²) in [7, 11) is -1.17. The van der Waals surface area contributed by atoms with Crippen LogP contribution in [0.2, 0.25) is 0 Å². The highest BCUT2D eigenvalue weighted by atomic mass is 17.3. The Balaban J connectivity index is 0.000000160. The van der Waals surface area contributed by atoms with Gasteiger partial charge in [-0.05, 0) is 0 Å². The molecule has 5 heteroatoms. The summed E-state index contributed by atoms with van der Waals surface area (Å²) < 4.78 is 0. The Kier molecular flexibility index (Phi) is 1.34. The number of hydrogen-bond donors (Lipinski definition) is 1. The molecule has 0 amide bonds. The average Bonchev–Trinajstić information content (AvgIpc) is 1.75. The molecule has 1 saturated heterocycles. The highest BCUT2D eigenvalue weighted by molar-refractivity contribution is 6.38. The molecule has 1 aliphatic heterocycles. The van der Waals surface area contributed by atoms with Crippen LogP contribution in [0.4, 0.5) is 0 Å². The van der Waals surface area contributed by atoms with Gasteiger partial charge in [0.05, 0.1) is 0 Å². The summed E-state index contributed by atoms with van der Waals surface area (Å²) in [6.45, 7) is 0. The van der Waals surface area contributed by atoms with Crippen LogP contribution >= 0.6 is 0 Å². The molecule has 0 aromatic carbocycles. The van der Waals surface area contributed by atoms with E-state index in [-0.39, 0.29) is 6.15 Å². The molecular weight excluding hydrogens is 72.8 g/mol. The first kappa shape index (κ1) is 4.90. The third kappa shape index (κ3) is 1.68. The Hall–Kier alpha value is -0.0951. The average molecular weight is 76.8 g/mol. The Morgan fingerprint density at radius 2 is 1.60 bits per heavy atom. The van der Waals surface area contributed by atoms with Crippen molar-refractivity contribution in [2.45, 2.75) is 0 Å². The molecule has 0 spiro atoms. The van der Waals surface area contributed by atoms with Crippen LogP contribution < -0.4 is 11.2 Å². The van der Waals surface area contributed by atoms with Gasteiger partial charge >= 0.3 is 7.32 Å². The van der Waals surface area contributed by atoms with Crippen LogP contribution in [-0.4, -0.2) is 7.32 Å². The van der Waals surface area contributed by atoms with Crippen LogP contribution in [0.15, 0.2) is 0 Å². The van der Waals surface area contributed by atoms with E-state index in [4.69, 9.17) is 0 Å². The molecule has 0 aliphatic carbocycles. The highest BCUT2D eigenvalue weighted by Gasteiger charge is 2.15. The lowest BCUT2D eigenvalue weighted by molar-refractivity contribution is -0.197. The van der Waals surface area contributed by atoms with E-state index in [9.17, 15) is 5.02 Å². The summed E-state index contributed by atoms with van der Waals surface area (Å²) >= 11 is 0. The summed E-state index contributed by atoms with van der Waals surface area (Å²) in [4.78, 5) is 7.31. The molecule has 30 valence electrons. The molecule has 0 atom stereocenters. The van der Waals surface area contributed by atoms with E-state index < -0.39 is 7.32 Å². The molecule has 1 rings (SSSR count). The van der Waals surface area contributed by atoms with E-state index in [2.05, 4.69) is 9.61 Å². The number of hydrogen-bond acceptors (Lipinski definition) is 3. The fourth-order valence-electron chi connectivity index (χ4n) is 0.0227. The van der Waals surface area contributed by atoms with E-state index in [0.29, 0.717) is 0 Å². The van der Waals surface area contributed by atoms with Crippen LogP contribution in [0.25, 0.3) is 0 Å². The van der Waals surface area contributed by atoms with E-state index in [0.717, 1.165) is 0 Å². The Bertz CT molecular complexity index is 26.1. The molecule has 0 aromatic heterocycles. The lowest BCUT2D eigenvalue weighted by Crippen LogP contribution is -2.12. The first-order chi connectivity index (χ1) is 1.89. The van der Waals surface area contributed by atoms with Gasteiger partial charge in [0.25, 0.3) is 0 Å². The maximum Gasteiger partial charge on any atom is 0.425 e. The molecular formula is H4BNO3. The van der Waals surface area contributed by atoms with Gasteiger partial charge in [0.15, 0.2) is 0 Å². The van der Waals surface area contributed by atoms with Gasteiger partial charge in [0, 0.05) is 0 Å². The number of quaternary nitrogens is 1. The molecule has 0 saturated carbocycles. The zero-order chi connectivity index (χ0) is 2.99. The third-order valence-electron chi connectivity index (χ3n) is 0.175. The largest absolute Gasteiger partial charge is 0.828 e. The summed E-state index contributed by atoms with van der Waals surface area (Å²) in [6, 6.07) is 0. The lowest BCUT2D eigenvalue weighted by atomic mass is 10.3. The van der Waals surface area contributed by atoms with Crippen LogP contribution in [-0.2, 0) is 9.61 Å². The molecule has 0 radical (unpaired) electrons. The van der Waals surface area contributed by atoms with Crippen molar-refractivity contribution in [3.05, 3.63) is 0 Å². The predicted molar refractivity (Wildman–Crippen MR) is 13.9 cm³/mol. The summed E-state index contributed by atoms with van der Waals surface area (Å²) in [5.41, 5.74) is 0. The number of rotatable bonds is 0. The van der Waals surface area contributed by atoms with Gasteiger partial charge in [0.2, 0.25) is 0 Å². The summed E-state index contributed by atoms with van der Waals surface area (Å²) in [5, 5.41) is 9.19. The van der Waals surface area contributed by atoms with Gasteiger partial charge in [-0.3, -0.25) is 9.61 Å². The second kappa shape index (κ2) is 1.37. The van der Waals surface area contributed by atoms with Crippen molar-refractivity contribution >= 4 is 7.32 Å². The predicted octanol–water partition coefficient (Wildman–Crippen LogP) is -1.33. The molecule has 0 unspecified atom stereocenters. The Morgan fingerprint density at radius 3 is 1.60 bits per heavy atom. The van der Waals surface area contributed by atoms with Crippen molar-refractivity contribution in [2.24, 2.45) is 0 Å². The van der Waals surface area contributed by atoms with Gasteiger partial charge < -0.3 is 11.2 Å². The van der Waals surface area contributed by atoms with Crippen LogP contribution in [0.5, 0.6) is 0 Å². The van der Waals surface area contributed by atoms with Gasteiger partial charge in [-0.15, -0.1) is 0 Å². The topological polar surface area (TPSA) is 84.6 Å². The van der Waals surface area contributed by atoms with Gasteiger partial charge in [0.1, 0.15) is 0 Å². The van der Waals surface area contributed by atoms with E-state index >= 15 is 0 Å². The molecule has 4 nitrogen and oxygen atoms in total. The molecule has 1 aliphatic rings. The van der Waals surface area contributed by atoms with Gasteiger partial charge in [-0.2, -0.15) is 0 Å². The fraction of sp³-hybridized carbons (Fsp3) is 0. The minimum absolute atomic E-state index is 0. The van der Waals surface area contributed by atoms with Crippen LogP contribution in [0, 0.1) is 0 Å². The minimum atomic E-state index is -1.17. The monoisotopic (exact) mass is 77.0 g/mol. The van der Waals surface area contributed by atoms with Crippen molar-refractivity contribution in [2.75, 3.05) is 0 Å². The van der Waals surface area contributed by atoms with Gasteiger partial charge in [-0.1, -0.05) is 0 Å². The maximum absolute atomic E-state index is 9.19. The minimum Gasteiger partial charge on any atom is -0.828 e. The fourth-order valence-corrected chi connectivity index (χ4v) is 0.0227. The molecule has 1 fully saturated rings. The smallest absolute Gasteiger partial charge is 0.425 e. The first-order valence-electron chi connectivity index (χ1n) is 0.874. The normalized spacial score (nSPS) is 17.4. The van der Waals surface area contributed by atoms with Crippen molar-refractivity contribution in [3.63, 3.8) is 0 Å². The lowest BCUT2D eigenvalue weighted by Gasteiger charge is -1.65. The SMILES string of the molecule is [NH4+].[O-]B1OO1. The second-order valence-electron chi connectivity index (χ2n) is 0.481. The van der Waals surface area contributed by atoms with Gasteiger partial charge in [-0.25, -0.2) is 0 Å². The van der Waals surface area contributed by atoms with Crippen LogP contribution in [0.3, 0.4) is 0 Å². The molecule has 1 heterocycles. The van der Waals surface area contributed by atoms with Crippen molar-refractivity contribution in [1.29, 1.82) is 0 Å². The second-order valence-corrected chi connectivity index (χ2v) is 0.481. The summed E-state index contributed by atoms with van der Waals surface area (Å²) in [6.07, 6.45) is 0. The first-order valence-corrected chi connectivity index (χ1v) is 0.874. The van der Waals surface area contributed by atoms with E-state index in [1.165, 1.54) is 0 Å². The zero-order valence-corrected chi connectivity index (χ0v) is 2.80. The zero-order valence-electron chi connectivity index (χ0n) is 2.80. The highest BCUT2D eigenvalue weighted by Crippen LogP contribution is 1.93. The standard InChI is InChI=1S/BO3.H3N/c2-1-3-4-1;/h;1H3/q-1;/p+1. The maximum atomic E-state index is 9.19. The molecule has 4 N–H and O–H groups in total. The van der Waals surface area contributed by atoms with Crippen molar-refractivity contribution in [1.82, 2.24) is 6.15 Å². The molecule has 0 bridgehead atoms. The Morgan fingerprint density at radius 1 is 1.40 bits per heavy atom. The van der Waals surface area contributed by atoms with E-state index in [1.54, 1.807) is 0 Å². The van der Waals surface area contributed by atoms with Crippen LogP contribution in [0.1, 0.15) is 0 Å². The Labute approximate surface area is 29.4 Å². The van der Waals surface area contributed by atoms with Crippen molar-refractivity contribution < 1.29 is 14.6 Å². The quantitative estimate of drug-likeness (QED) is 0.221. The molecule has 5 heavy (non-hydrogen) atoms. The molecule has 0 aromatic rings. The summed E-state index contributed by atoms with van der Waals surface area (Å²) in [5.74, 6) is 0. The third-order valence-corrected chi connectivity index (χ3v) is 0.175.